The summed E-state index contributed by atoms with van der Waals surface area (Å²) in [5.41, 5.74) is 8.67. The number of carboxylic acid groups (broad SMARTS) is 1. The van der Waals surface area contributed by atoms with Crippen LogP contribution >= 0.6 is 0 Å². The number of fused-ring (bicyclic) bond motifs is 1. The van der Waals surface area contributed by atoms with Gasteiger partial charge in [-0.2, -0.15) is 0 Å². The predicted octanol–water partition coefficient (Wildman–Crippen LogP) is 1.70. The van der Waals surface area contributed by atoms with E-state index in [0.717, 1.165) is 16.5 Å². The molecule has 2 amide bonds. The van der Waals surface area contributed by atoms with Gasteiger partial charge in [0.2, 0.25) is 11.8 Å². The maximum atomic E-state index is 13.0. The second kappa shape index (κ2) is 10.8. The molecule has 0 aliphatic carbocycles. The number of rotatable bonds is 10. The van der Waals surface area contributed by atoms with E-state index in [1.165, 1.54) is 12.1 Å². The van der Waals surface area contributed by atoms with Gasteiger partial charge < -0.3 is 31.6 Å². The van der Waals surface area contributed by atoms with Gasteiger partial charge in [0.25, 0.3) is 0 Å². The van der Waals surface area contributed by atoms with Crippen molar-refractivity contribution in [1.29, 1.82) is 0 Å². The number of nitrogens with one attached hydrogen (secondary N) is 3. The molecule has 3 rings (SSSR count). The van der Waals surface area contributed by atoms with E-state index in [-0.39, 0.29) is 24.5 Å². The number of carbonyl (C=O) groups is 3. The Kier molecular flexibility index (Phi) is 7.91. The molecule has 0 bridgehead atoms. The summed E-state index contributed by atoms with van der Waals surface area (Å²) in [6.45, 7) is 3.37. The molecule has 9 heteroatoms. The molecule has 1 heterocycles. The molecular formula is C25H30N4O5. The number of amides is 2. The number of benzene rings is 2. The largest absolute Gasteiger partial charge is 0.508 e. The Morgan fingerprint density at radius 2 is 1.65 bits per heavy atom. The third kappa shape index (κ3) is 6.14. The summed E-state index contributed by atoms with van der Waals surface area (Å²) in [6.07, 6.45) is 2.16. The standard InChI is InChI=1S/C25H30N4O5/c1-14(2)22(25(33)34)29-24(32)21(11-15-7-9-17(30)10-8-15)28-23(31)19(26)12-16-13-27-20-6-4-3-5-18(16)20/h3-10,13-14,19,21-22,27,30H,11-12,26H2,1-2H3,(H,28,31)(H,29,32)(H,33,34)/t19-,21-,22-/m0/s1. The number of aromatic nitrogens is 1. The van der Waals surface area contributed by atoms with Crippen molar-refractivity contribution in [3.63, 3.8) is 0 Å². The minimum absolute atomic E-state index is 0.0697. The van der Waals surface area contributed by atoms with Crippen molar-refractivity contribution in [2.45, 2.75) is 44.8 Å². The van der Waals surface area contributed by atoms with E-state index in [1.807, 2.05) is 24.3 Å². The Hall–Kier alpha value is -3.85. The van der Waals surface area contributed by atoms with Gasteiger partial charge in [-0.15, -0.1) is 0 Å². The summed E-state index contributed by atoms with van der Waals surface area (Å²) in [7, 11) is 0. The molecule has 0 fully saturated rings. The number of aromatic hydroxyl groups is 1. The summed E-state index contributed by atoms with van der Waals surface area (Å²) in [4.78, 5) is 40.6. The molecule has 2 aromatic carbocycles. The summed E-state index contributed by atoms with van der Waals surface area (Å²) >= 11 is 0. The minimum Gasteiger partial charge on any atom is -0.508 e. The van der Waals surface area contributed by atoms with E-state index in [2.05, 4.69) is 15.6 Å². The quantitative estimate of drug-likeness (QED) is 0.267. The highest BCUT2D eigenvalue weighted by Crippen LogP contribution is 2.19. The van der Waals surface area contributed by atoms with Crippen molar-refractivity contribution < 1.29 is 24.6 Å². The molecule has 7 N–H and O–H groups in total. The Bertz CT molecular complexity index is 1160. The fraction of sp³-hybridized carbons (Fsp3) is 0.320. The lowest BCUT2D eigenvalue weighted by Gasteiger charge is -2.24. The van der Waals surface area contributed by atoms with Gasteiger partial charge in [-0.3, -0.25) is 9.59 Å². The number of phenolic OH excluding ortho intramolecular Hbond substituents is 1. The average Bonchev–Trinajstić information content (AvgIpc) is 3.20. The third-order valence-corrected chi connectivity index (χ3v) is 5.69. The van der Waals surface area contributed by atoms with Crippen LogP contribution in [0.2, 0.25) is 0 Å². The molecule has 0 aliphatic rings. The number of carboxylic acids is 1. The molecule has 9 nitrogen and oxygen atoms in total. The SMILES string of the molecule is CC(C)[C@H](NC(=O)[C@H](Cc1ccc(O)cc1)NC(=O)[C@@H](N)Cc1c[nH]c2ccccc12)C(=O)O. The molecule has 0 unspecified atom stereocenters. The van der Waals surface area contributed by atoms with Crippen molar-refractivity contribution >= 4 is 28.7 Å². The number of hydrogen-bond donors (Lipinski definition) is 6. The van der Waals surface area contributed by atoms with Gasteiger partial charge in [0, 0.05) is 23.5 Å². The first-order chi connectivity index (χ1) is 16.2. The molecule has 34 heavy (non-hydrogen) atoms. The van der Waals surface area contributed by atoms with Crippen LogP contribution in [0.15, 0.2) is 54.7 Å². The molecule has 3 aromatic rings. The Morgan fingerprint density at radius 3 is 2.29 bits per heavy atom. The van der Waals surface area contributed by atoms with Crippen molar-refractivity contribution in [2.24, 2.45) is 11.7 Å². The van der Waals surface area contributed by atoms with E-state index in [1.54, 1.807) is 32.2 Å². The molecule has 3 atom stereocenters. The highest BCUT2D eigenvalue weighted by molar-refractivity contribution is 5.92. The highest BCUT2D eigenvalue weighted by atomic mass is 16.4. The average molecular weight is 467 g/mol. The van der Waals surface area contributed by atoms with Crippen LogP contribution in [-0.4, -0.2) is 51.1 Å². The number of aromatic amines is 1. The summed E-state index contributed by atoms with van der Waals surface area (Å²) in [5, 5.41) is 25.1. The Labute approximate surface area is 197 Å². The van der Waals surface area contributed by atoms with Crippen LogP contribution in [-0.2, 0) is 27.2 Å². The molecule has 0 saturated carbocycles. The Balaban J connectivity index is 1.75. The van der Waals surface area contributed by atoms with Crippen LogP contribution in [0.25, 0.3) is 10.9 Å². The van der Waals surface area contributed by atoms with E-state index < -0.39 is 35.9 Å². The Morgan fingerprint density at radius 1 is 0.971 bits per heavy atom. The molecule has 0 saturated heterocycles. The topological polar surface area (TPSA) is 158 Å². The fourth-order valence-electron chi connectivity index (χ4n) is 3.75. The van der Waals surface area contributed by atoms with Gasteiger partial charge in [-0.05, 0) is 41.7 Å². The number of aliphatic carboxylic acids is 1. The number of H-pyrrole nitrogens is 1. The lowest BCUT2D eigenvalue weighted by atomic mass is 10.0. The molecular weight excluding hydrogens is 436 g/mol. The summed E-state index contributed by atoms with van der Waals surface area (Å²) < 4.78 is 0. The number of nitrogens with two attached hydrogens (primary N) is 1. The first-order valence-corrected chi connectivity index (χ1v) is 11.1. The maximum Gasteiger partial charge on any atom is 0.326 e. The number of phenols is 1. The van der Waals surface area contributed by atoms with Crippen LogP contribution in [0.4, 0.5) is 0 Å². The first kappa shape index (κ1) is 24.8. The maximum absolute atomic E-state index is 13.0. The zero-order valence-electron chi connectivity index (χ0n) is 19.1. The van der Waals surface area contributed by atoms with Gasteiger partial charge >= 0.3 is 5.97 Å². The molecule has 1 aromatic heterocycles. The van der Waals surface area contributed by atoms with Crippen molar-refractivity contribution in [3.8, 4) is 5.75 Å². The van der Waals surface area contributed by atoms with E-state index >= 15 is 0 Å². The number of para-hydroxylation sites is 1. The van der Waals surface area contributed by atoms with Crippen LogP contribution in [0.5, 0.6) is 5.75 Å². The first-order valence-electron chi connectivity index (χ1n) is 11.1. The monoisotopic (exact) mass is 466 g/mol. The molecule has 0 spiro atoms. The molecule has 0 radical (unpaired) electrons. The van der Waals surface area contributed by atoms with Crippen LogP contribution in [0, 0.1) is 5.92 Å². The molecule has 180 valence electrons. The van der Waals surface area contributed by atoms with E-state index in [9.17, 15) is 24.6 Å². The number of hydrogen-bond acceptors (Lipinski definition) is 5. The third-order valence-electron chi connectivity index (χ3n) is 5.69. The lowest BCUT2D eigenvalue weighted by Crippen LogP contribution is -2.56. The van der Waals surface area contributed by atoms with Gasteiger partial charge in [-0.1, -0.05) is 44.2 Å². The second-order valence-electron chi connectivity index (χ2n) is 8.67. The summed E-state index contributed by atoms with van der Waals surface area (Å²) in [6, 6.07) is 10.8. The highest BCUT2D eigenvalue weighted by Gasteiger charge is 2.30. The van der Waals surface area contributed by atoms with Crippen LogP contribution in [0.3, 0.4) is 0 Å². The van der Waals surface area contributed by atoms with Crippen LogP contribution in [0.1, 0.15) is 25.0 Å². The predicted molar refractivity (Wildman–Crippen MR) is 128 cm³/mol. The van der Waals surface area contributed by atoms with Crippen molar-refractivity contribution in [2.75, 3.05) is 0 Å². The minimum atomic E-state index is -1.16. The molecule has 0 aliphatic heterocycles. The van der Waals surface area contributed by atoms with Gasteiger partial charge in [0.15, 0.2) is 0 Å². The van der Waals surface area contributed by atoms with Gasteiger partial charge in [-0.25, -0.2) is 4.79 Å². The smallest absolute Gasteiger partial charge is 0.326 e. The summed E-state index contributed by atoms with van der Waals surface area (Å²) in [5.74, 6) is -2.59. The van der Waals surface area contributed by atoms with Crippen LogP contribution < -0.4 is 16.4 Å². The van der Waals surface area contributed by atoms with Gasteiger partial charge in [0.05, 0.1) is 6.04 Å². The van der Waals surface area contributed by atoms with Crippen molar-refractivity contribution in [3.05, 3.63) is 65.9 Å². The van der Waals surface area contributed by atoms with Crippen molar-refractivity contribution in [1.82, 2.24) is 15.6 Å². The van der Waals surface area contributed by atoms with E-state index in [0.29, 0.717) is 5.56 Å². The van der Waals surface area contributed by atoms with Gasteiger partial charge in [0.1, 0.15) is 17.8 Å². The number of carbonyl (C=O) groups excluding carboxylic acids is 2. The lowest BCUT2D eigenvalue weighted by molar-refractivity contribution is -0.143. The fourth-order valence-corrected chi connectivity index (χ4v) is 3.75. The normalized spacial score (nSPS) is 13.9. The zero-order valence-corrected chi connectivity index (χ0v) is 19.1. The zero-order chi connectivity index (χ0) is 24.8. The second-order valence-corrected chi connectivity index (χ2v) is 8.67. The van der Waals surface area contributed by atoms with E-state index in [4.69, 9.17) is 5.73 Å².